The maximum Gasteiger partial charge on any atom is 0.162 e. The minimum absolute atomic E-state index is 0.562. The van der Waals surface area contributed by atoms with Gasteiger partial charge in [0.15, 0.2) is 11.5 Å². The summed E-state index contributed by atoms with van der Waals surface area (Å²) in [4.78, 5) is 1.19. The van der Waals surface area contributed by atoms with Crippen molar-refractivity contribution in [3.8, 4) is 11.5 Å². The van der Waals surface area contributed by atoms with Crippen LogP contribution in [0.25, 0.3) is 0 Å². The summed E-state index contributed by atoms with van der Waals surface area (Å²) in [6, 6.07) is 10.9. The third-order valence-electron chi connectivity index (χ3n) is 3.40. The molecule has 3 nitrogen and oxygen atoms in total. The molecule has 1 aliphatic carbocycles. The quantitative estimate of drug-likeness (QED) is 0.788. The molecule has 5 heteroatoms. The van der Waals surface area contributed by atoms with Gasteiger partial charge in [0, 0.05) is 17.5 Å². The SMILES string of the molecule is COc1ccc(CNC2CC2)cc1OCc1ccc(Br)s1. The Hall–Kier alpha value is -1.04. The average Bonchev–Trinajstić information content (AvgIpc) is 3.24. The van der Waals surface area contributed by atoms with Crippen molar-refractivity contribution >= 4 is 27.3 Å². The summed E-state index contributed by atoms with van der Waals surface area (Å²) >= 11 is 5.15. The van der Waals surface area contributed by atoms with Crippen LogP contribution in [0.4, 0.5) is 0 Å². The molecule has 21 heavy (non-hydrogen) atoms. The van der Waals surface area contributed by atoms with E-state index in [4.69, 9.17) is 9.47 Å². The van der Waals surface area contributed by atoms with Crippen LogP contribution in [0.3, 0.4) is 0 Å². The van der Waals surface area contributed by atoms with E-state index >= 15 is 0 Å². The van der Waals surface area contributed by atoms with Gasteiger partial charge in [0.25, 0.3) is 0 Å². The van der Waals surface area contributed by atoms with Gasteiger partial charge in [-0.3, -0.25) is 0 Å². The second-order valence-corrected chi connectivity index (χ2v) is 7.68. The number of hydrogen-bond acceptors (Lipinski definition) is 4. The maximum absolute atomic E-state index is 5.93. The van der Waals surface area contributed by atoms with Gasteiger partial charge in [-0.2, -0.15) is 0 Å². The Labute approximate surface area is 137 Å². The topological polar surface area (TPSA) is 30.5 Å². The second-order valence-electron chi connectivity index (χ2n) is 5.13. The summed E-state index contributed by atoms with van der Waals surface area (Å²) in [6.07, 6.45) is 2.60. The van der Waals surface area contributed by atoms with E-state index in [2.05, 4.69) is 39.4 Å². The van der Waals surface area contributed by atoms with Crippen molar-refractivity contribution in [2.75, 3.05) is 7.11 Å². The molecule has 1 N–H and O–H groups in total. The molecule has 0 saturated heterocycles. The lowest BCUT2D eigenvalue weighted by atomic mass is 10.2. The molecule has 1 aromatic heterocycles. The predicted molar refractivity (Wildman–Crippen MR) is 89.2 cm³/mol. The number of benzene rings is 1. The minimum Gasteiger partial charge on any atom is -0.493 e. The number of hydrogen-bond donors (Lipinski definition) is 1. The van der Waals surface area contributed by atoms with E-state index in [1.165, 1.54) is 23.3 Å². The Morgan fingerprint density at radius 2 is 2.10 bits per heavy atom. The Morgan fingerprint density at radius 3 is 2.76 bits per heavy atom. The zero-order valence-corrected chi connectivity index (χ0v) is 14.3. The van der Waals surface area contributed by atoms with Crippen molar-refractivity contribution in [1.82, 2.24) is 5.32 Å². The van der Waals surface area contributed by atoms with Gasteiger partial charge in [-0.15, -0.1) is 11.3 Å². The van der Waals surface area contributed by atoms with Gasteiger partial charge >= 0.3 is 0 Å². The molecule has 2 aromatic rings. The Bertz CT molecular complexity index is 610. The highest BCUT2D eigenvalue weighted by Crippen LogP contribution is 2.30. The highest BCUT2D eigenvalue weighted by Gasteiger charge is 2.20. The van der Waals surface area contributed by atoms with E-state index in [9.17, 15) is 0 Å². The third-order valence-corrected chi connectivity index (χ3v) is 5.00. The number of nitrogens with one attached hydrogen (secondary N) is 1. The summed E-state index contributed by atoms with van der Waals surface area (Å²) in [5, 5.41) is 3.51. The van der Waals surface area contributed by atoms with Crippen LogP contribution in [-0.4, -0.2) is 13.2 Å². The number of thiophene rings is 1. The van der Waals surface area contributed by atoms with Crippen LogP contribution in [0.2, 0.25) is 0 Å². The molecule has 1 fully saturated rings. The molecular formula is C16H18BrNO2S. The standard InChI is InChI=1S/C16H18BrNO2S/c1-19-14-6-2-11(9-18-12-3-4-12)8-15(14)20-10-13-5-7-16(17)21-13/h2,5-8,12,18H,3-4,9-10H2,1H3. The van der Waals surface area contributed by atoms with E-state index in [0.29, 0.717) is 12.6 Å². The first-order chi connectivity index (χ1) is 10.2. The van der Waals surface area contributed by atoms with Crippen molar-refractivity contribution in [1.29, 1.82) is 0 Å². The second kappa shape index (κ2) is 6.81. The van der Waals surface area contributed by atoms with Crippen LogP contribution in [0, 0.1) is 0 Å². The largest absolute Gasteiger partial charge is 0.493 e. The lowest BCUT2D eigenvalue weighted by Crippen LogP contribution is -2.15. The Balaban J connectivity index is 1.66. The smallest absolute Gasteiger partial charge is 0.162 e. The summed E-state index contributed by atoms with van der Waals surface area (Å²) in [5.41, 5.74) is 1.23. The lowest BCUT2D eigenvalue weighted by molar-refractivity contribution is 0.287. The molecule has 1 heterocycles. The maximum atomic E-state index is 5.93. The van der Waals surface area contributed by atoms with Crippen LogP contribution in [-0.2, 0) is 13.2 Å². The van der Waals surface area contributed by atoms with Crippen LogP contribution in [0.15, 0.2) is 34.1 Å². The van der Waals surface area contributed by atoms with E-state index in [1.807, 2.05) is 12.1 Å². The van der Waals surface area contributed by atoms with Crippen molar-refractivity contribution < 1.29 is 9.47 Å². The van der Waals surface area contributed by atoms with Gasteiger partial charge in [-0.25, -0.2) is 0 Å². The zero-order chi connectivity index (χ0) is 14.7. The van der Waals surface area contributed by atoms with Crippen LogP contribution >= 0.6 is 27.3 Å². The molecule has 1 aliphatic rings. The molecule has 0 unspecified atom stereocenters. The minimum atomic E-state index is 0.562. The van der Waals surface area contributed by atoms with Gasteiger partial charge in [0.1, 0.15) is 6.61 Å². The van der Waals surface area contributed by atoms with Gasteiger partial charge in [0.05, 0.1) is 10.9 Å². The fourth-order valence-corrected chi connectivity index (χ4v) is 3.47. The van der Waals surface area contributed by atoms with E-state index < -0.39 is 0 Å². The first-order valence-electron chi connectivity index (χ1n) is 7.02. The molecular weight excluding hydrogens is 350 g/mol. The van der Waals surface area contributed by atoms with Gasteiger partial charge in [-0.1, -0.05) is 6.07 Å². The van der Waals surface area contributed by atoms with E-state index in [1.54, 1.807) is 18.4 Å². The first-order valence-corrected chi connectivity index (χ1v) is 8.63. The molecule has 0 spiro atoms. The molecule has 0 bridgehead atoms. The van der Waals surface area contributed by atoms with Crippen LogP contribution in [0.1, 0.15) is 23.3 Å². The highest BCUT2D eigenvalue weighted by molar-refractivity contribution is 9.11. The number of halogens is 1. The Kier molecular flexibility index (Phi) is 4.83. The van der Waals surface area contributed by atoms with Crippen LogP contribution in [0.5, 0.6) is 11.5 Å². The molecule has 0 radical (unpaired) electrons. The molecule has 0 aliphatic heterocycles. The monoisotopic (exact) mass is 367 g/mol. The van der Waals surface area contributed by atoms with Gasteiger partial charge in [-0.05, 0) is 58.6 Å². The molecule has 1 aromatic carbocycles. The molecule has 0 atom stereocenters. The summed E-state index contributed by atoms with van der Waals surface area (Å²) < 4.78 is 12.4. The number of methoxy groups -OCH3 is 1. The van der Waals surface area contributed by atoms with Crippen LogP contribution < -0.4 is 14.8 Å². The lowest BCUT2D eigenvalue weighted by Gasteiger charge is -2.12. The number of ether oxygens (including phenoxy) is 2. The predicted octanol–water partition coefficient (Wildman–Crippen LogP) is 4.35. The third kappa shape index (κ3) is 4.22. The van der Waals surface area contributed by atoms with Gasteiger partial charge in [0.2, 0.25) is 0 Å². The fraction of sp³-hybridized carbons (Fsp3) is 0.375. The van der Waals surface area contributed by atoms with Crippen molar-refractivity contribution in [2.45, 2.75) is 32.0 Å². The molecule has 0 amide bonds. The molecule has 112 valence electrons. The fourth-order valence-electron chi connectivity index (χ4n) is 2.07. The first kappa shape index (κ1) is 14.9. The highest BCUT2D eigenvalue weighted by atomic mass is 79.9. The zero-order valence-electron chi connectivity index (χ0n) is 11.9. The number of rotatable bonds is 7. The van der Waals surface area contributed by atoms with Gasteiger partial charge < -0.3 is 14.8 Å². The van der Waals surface area contributed by atoms with Crippen molar-refractivity contribution in [2.24, 2.45) is 0 Å². The van der Waals surface area contributed by atoms with E-state index in [0.717, 1.165) is 21.8 Å². The summed E-state index contributed by atoms with van der Waals surface area (Å²) in [5.74, 6) is 1.58. The van der Waals surface area contributed by atoms with Crippen molar-refractivity contribution in [3.05, 3.63) is 44.6 Å². The van der Waals surface area contributed by atoms with E-state index in [-0.39, 0.29) is 0 Å². The van der Waals surface area contributed by atoms with Crippen molar-refractivity contribution in [3.63, 3.8) is 0 Å². The molecule has 1 saturated carbocycles. The average molecular weight is 368 g/mol. The summed E-state index contributed by atoms with van der Waals surface area (Å²) in [6.45, 7) is 1.45. The Morgan fingerprint density at radius 1 is 1.24 bits per heavy atom. The summed E-state index contributed by atoms with van der Waals surface area (Å²) in [7, 11) is 1.67. The normalized spacial score (nSPS) is 14.2. The molecule has 3 rings (SSSR count).